The summed E-state index contributed by atoms with van der Waals surface area (Å²) >= 11 is 1.57. The lowest BCUT2D eigenvalue weighted by molar-refractivity contribution is -0.125. The highest BCUT2D eigenvalue weighted by Crippen LogP contribution is 2.54. The third-order valence-corrected chi connectivity index (χ3v) is 4.18. The molecule has 2 aliphatic carbocycles. The van der Waals surface area contributed by atoms with Crippen LogP contribution in [-0.4, -0.2) is 10.9 Å². The van der Waals surface area contributed by atoms with Crippen LogP contribution >= 0.6 is 11.3 Å². The largest absolute Gasteiger partial charge is 0.350 e. The van der Waals surface area contributed by atoms with Gasteiger partial charge in [0.1, 0.15) is 0 Å². The van der Waals surface area contributed by atoms with E-state index >= 15 is 0 Å². The molecule has 3 nitrogen and oxygen atoms in total. The Balaban J connectivity index is 1.49. The van der Waals surface area contributed by atoms with Crippen molar-refractivity contribution in [2.75, 3.05) is 0 Å². The van der Waals surface area contributed by atoms with Gasteiger partial charge in [0.15, 0.2) is 0 Å². The van der Waals surface area contributed by atoms with Gasteiger partial charge in [-0.1, -0.05) is 0 Å². The van der Waals surface area contributed by atoms with Crippen LogP contribution < -0.4 is 5.32 Å². The molecule has 1 aromatic rings. The Bertz CT molecular complexity index is 353. The number of fused-ring (bicyclic) bond motifs is 1. The van der Waals surface area contributed by atoms with Crippen molar-refractivity contribution in [2.45, 2.75) is 25.8 Å². The smallest absolute Gasteiger partial charge is 0.223 e. The lowest BCUT2D eigenvalue weighted by atomic mass is 10.0. The van der Waals surface area contributed by atoms with Crippen LogP contribution in [0.4, 0.5) is 0 Å². The first kappa shape index (κ1) is 9.33. The Morgan fingerprint density at radius 1 is 1.47 bits per heavy atom. The first-order valence-corrected chi connectivity index (χ1v) is 6.42. The predicted molar refractivity (Wildman–Crippen MR) is 58.3 cm³/mol. The topological polar surface area (TPSA) is 42.0 Å². The number of hydrogen-bond donors (Lipinski definition) is 1. The van der Waals surface area contributed by atoms with E-state index in [4.69, 9.17) is 0 Å². The van der Waals surface area contributed by atoms with E-state index in [-0.39, 0.29) is 11.8 Å². The highest BCUT2D eigenvalue weighted by atomic mass is 32.1. The van der Waals surface area contributed by atoms with Crippen molar-refractivity contribution in [3.8, 4) is 0 Å². The Labute approximate surface area is 92.9 Å². The number of nitrogens with one attached hydrogen (secondary N) is 1. The lowest BCUT2D eigenvalue weighted by Gasteiger charge is -2.11. The third kappa shape index (κ3) is 1.91. The Morgan fingerprint density at radius 2 is 2.27 bits per heavy atom. The summed E-state index contributed by atoms with van der Waals surface area (Å²) in [4.78, 5) is 15.9. The zero-order valence-electron chi connectivity index (χ0n) is 8.48. The fourth-order valence-electron chi connectivity index (χ4n) is 2.58. The summed E-state index contributed by atoms with van der Waals surface area (Å²) in [6.45, 7) is 0.591. The number of amides is 1. The average molecular weight is 222 g/mol. The summed E-state index contributed by atoms with van der Waals surface area (Å²) in [7, 11) is 0. The average Bonchev–Trinajstić information content (AvgIpc) is 2.75. The number of aromatic nitrogens is 1. The van der Waals surface area contributed by atoms with Gasteiger partial charge in [-0.05, 0) is 31.1 Å². The molecule has 2 aliphatic rings. The molecule has 0 aromatic carbocycles. The van der Waals surface area contributed by atoms with Crippen molar-refractivity contribution in [3.63, 3.8) is 0 Å². The maximum absolute atomic E-state index is 11.8. The van der Waals surface area contributed by atoms with Gasteiger partial charge in [0.25, 0.3) is 0 Å². The Kier molecular flexibility index (Phi) is 2.24. The maximum atomic E-state index is 11.8. The molecule has 2 saturated carbocycles. The number of carbonyl (C=O) groups excluding carboxylic acids is 1. The van der Waals surface area contributed by atoms with Crippen LogP contribution in [0.3, 0.4) is 0 Å². The van der Waals surface area contributed by atoms with Crippen molar-refractivity contribution >= 4 is 17.2 Å². The predicted octanol–water partition coefficient (Wildman–Crippen LogP) is 1.81. The van der Waals surface area contributed by atoms with E-state index in [2.05, 4.69) is 10.3 Å². The summed E-state index contributed by atoms with van der Waals surface area (Å²) in [6, 6.07) is 0. The van der Waals surface area contributed by atoms with E-state index in [9.17, 15) is 4.79 Å². The molecule has 1 N–H and O–H groups in total. The summed E-state index contributed by atoms with van der Waals surface area (Å²) in [5, 5.41) is 4.95. The number of rotatable bonds is 3. The second-order valence-electron chi connectivity index (χ2n) is 4.62. The monoisotopic (exact) mass is 222 g/mol. The summed E-state index contributed by atoms with van der Waals surface area (Å²) in [6.07, 6.45) is 3.61. The molecule has 0 saturated heterocycles. The molecule has 2 atom stereocenters. The molecule has 3 rings (SSSR count). The minimum absolute atomic E-state index is 0.232. The van der Waals surface area contributed by atoms with Crippen molar-refractivity contribution < 1.29 is 4.79 Å². The van der Waals surface area contributed by atoms with E-state index in [0.717, 1.165) is 30.4 Å². The minimum Gasteiger partial charge on any atom is -0.350 e. The van der Waals surface area contributed by atoms with Gasteiger partial charge in [-0.2, -0.15) is 0 Å². The van der Waals surface area contributed by atoms with Crippen molar-refractivity contribution in [1.29, 1.82) is 0 Å². The van der Waals surface area contributed by atoms with E-state index < -0.39 is 0 Å². The quantitative estimate of drug-likeness (QED) is 0.847. The first-order chi connectivity index (χ1) is 7.33. The van der Waals surface area contributed by atoms with Crippen LogP contribution in [0.25, 0.3) is 0 Å². The molecule has 15 heavy (non-hydrogen) atoms. The highest BCUT2D eigenvalue weighted by Gasteiger charge is 2.47. The van der Waals surface area contributed by atoms with Crippen LogP contribution in [0, 0.1) is 17.8 Å². The van der Waals surface area contributed by atoms with Gasteiger partial charge in [-0.25, -0.2) is 4.98 Å². The van der Waals surface area contributed by atoms with Crippen molar-refractivity contribution in [2.24, 2.45) is 17.8 Å². The van der Waals surface area contributed by atoms with Crippen LogP contribution in [0.1, 0.15) is 25.0 Å². The zero-order valence-corrected chi connectivity index (χ0v) is 9.30. The molecule has 80 valence electrons. The summed E-state index contributed by atoms with van der Waals surface area (Å²) in [5.41, 5.74) is 2.77. The fraction of sp³-hybridized carbons (Fsp3) is 0.636. The molecule has 0 radical (unpaired) electrons. The van der Waals surface area contributed by atoms with Gasteiger partial charge in [0.2, 0.25) is 5.91 Å². The standard InChI is InChI=1S/C11H14N2OS/c14-11(9-2-7-1-8(7)3-9)12-4-10-5-15-6-13-10/h5-9H,1-4H2,(H,12,14). The molecule has 0 spiro atoms. The molecule has 4 heteroatoms. The van der Waals surface area contributed by atoms with E-state index in [1.165, 1.54) is 6.42 Å². The molecular weight excluding hydrogens is 208 g/mol. The van der Waals surface area contributed by atoms with Crippen molar-refractivity contribution in [1.82, 2.24) is 10.3 Å². The van der Waals surface area contributed by atoms with E-state index in [1.807, 2.05) is 5.38 Å². The SMILES string of the molecule is O=C(NCc1cscn1)C1CC2CC2C1. The van der Waals surface area contributed by atoms with Gasteiger partial charge in [-0.15, -0.1) is 11.3 Å². The van der Waals surface area contributed by atoms with Crippen molar-refractivity contribution in [3.05, 3.63) is 16.6 Å². The molecule has 1 heterocycles. The van der Waals surface area contributed by atoms with E-state index in [0.29, 0.717) is 6.54 Å². The molecule has 0 aliphatic heterocycles. The molecular formula is C11H14N2OS. The van der Waals surface area contributed by atoms with E-state index in [1.54, 1.807) is 16.8 Å². The fourth-order valence-corrected chi connectivity index (χ4v) is 3.13. The number of carbonyl (C=O) groups is 1. The molecule has 1 aromatic heterocycles. The first-order valence-electron chi connectivity index (χ1n) is 5.47. The molecule has 2 unspecified atom stereocenters. The normalized spacial score (nSPS) is 32.4. The van der Waals surface area contributed by atoms with Crippen LogP contribution in [0.15, 0.2) is 10.9 Å². The Hall–Kier alpha value is -0.900. The maximum Gasteiger partial charge on any atom is 0.223 e. The summed E-state index contributed by atoms with van der Waals surface area (Å²) < 4.78 is 0. The zero-order chi connectivity index (χ0) is 10.3. The van der Waals surface area contributed by atoms with Crippen LogP contribution in [-0.2, 0) is 11.3 Å². The second kappa shape index (κ2) is 3.59. The number of nitrogens with zero attached hydrogens (tertiary/aromatic N) is 1. The summed E-state index contributed by atoms with van der Waals surface area (Å²) in [5.74, 6) is 2.27. The molecule has 1 amide bonds. The van der Waals surface area contributed by atoms with Gasteiger partial charge < -0.3 is 5.32 Å². The number of thiazole rings is 1. The third-order valence-electron chi connectivity index (χ3n) is 3.54. The van der Waals surface area contributed by atoms with Gasteiger partial charge in [-0.3, -0.25) is 4.79 Å². The molecule has 2 fully saturated rings. The van der Waals surface area contributed by atoms with Gasteiger partial charge in [0, 0.05) is 11.3 Å². The van der Waals surface area contributed by atoms with Gasteiger partial charge >= 0.3 is 0 Å². The van der Waals surface area contributed by atoms with Gasteiger partial charge in [0.05, 0.1) is 17.7 Å². The lowest BCUT2D eigenvalue weighted by Crippen LogP contribution is -2.29. The number of hydrogen-bond acceptors (Lipinski definition) is 3. The molecule has 0 bridgehead atoms. The minimum atomic E-state index is 0.232. The van der Waals surface area contributed by atoms with Crippen LogP contribution in [0.5, 0.6) is 0 Å². The highest BCUT2D eigenvalue weighted by molar-refractivity contribution is 7.07. The Morgan fingerprint density at radius 3 is 2.93 bits per heavy atom. The van der Waals surface area contributed by atoms with Crippen LogP contribution in [0.2, 0.25) is 0 Å². The second-order valence-corrected chi connectivity index (χ2v) is 5.34.